The van der Waals surface area contributed by atoms with Gasteiger partial charge in [0.05, 0.1) is 18.4 Å². The number of ether oxygens (including phenoxy) is 1. The predicted octanol–water partition coefficient (Wildman–Crippen LogP) is 3.05. The summed E-state index contributed by atoms with van der Waals surface area (Å²) < 4.78 is 11.2. The van der Waals surface area contributed by atoms with E-state index >= 15 is 0 Å². The first-order valence-electron chi connectivity index (χ1n) is 7.31. The van der Waals surface area contributed by atoms with E-state index in [0.717, 1.165) is 39.0 Å². The van der Waals surface area contributed by atoms with Crippen molar-refractivity contribution in [1.82, 2.24) is 4.90 Å². The van der Waals surface area contributed by atoms with Crippen molar-refractivity contribution in [3.63, 3.8) is 0 Å². The minimum absolute atomic E-state index is 0.0563. The highest BCUT2D eigenvalue weighted by Crippen LogP contribution is 2.44. The molecule has 2 aliphatic rings. The number of furan rings is 1. The van der Waals surface area contributed by atoms with Crippen LogP contribution in [0.1, 0.15) is 33.6 Å². The van der Waals surface area contributed by atoms with Crippen molar-refractivity contribution in [2.24, 2.45) is 0 Å². The number of hydrogen-bond donors (Lipinski definition) is 0. The highest BCUT2D eigenvalue weighted by molar-refractivity contribution is 7.10. The molecule has 0 radical (unpaired) electrons. The Kier molecular flexibility index (Phi) is 3.12. The second-order valence-electron chi connectivity index (χ2n) is 5.67. The van der Waals surface area contributed by atoms with E-state index in [4.69, 9.17) is 9.15 Å². The van der Waals surface area contributed by atoms with Crippen LogP contribution >= 0.6 is 11.3 Å². The van der Waals surface area contributed by atoms with Crippen LogP contribution in [-0.2, 0) is 16.8 Å². The molecule has 4 nitrogen and oxygen atoms in total. The van der Waals surface area contributed by atoms with E-state index in [1.54, 1.807) is 23.7 Å². The Labute approximate surface area is 127 Å². The van der Waals surface area contributed by atoms with Crippen LogP contribution in [-0.4, -0.2) is 30.5 Å². The summed E-state index contributed by atoms with van der Waals surface area (Å²) in [7, 11) is 0. The van der Waals surface area contributed by atoms with Crippen LogP contribution in [0.3, 0.4) is 0 Å². The molecule has 1 saturated heterocycles. The second kappa shape index (κ2) is 5.00. The lowest BCUT2D eigenvalue weighted by molar-refractivity contribution is -0.0906. The molecule has 4 heterocycles. The molecule has 1 spiro atoms. The summed E-state index contributed by atoms with van der Waals surface area (Å²) in [5, 5.41) is 2.16. The number of rotatable bonds is 1. The van der Waals surface area contributed by atoms with E-state index in [-0.39, 0.29) is 11.5 Å². The highest BCUT2D eigenvalue weighted by Gasteiger charge is 2.42. The van der Waals surface area contributed by atoms with Crippen molar-refractivity contribution in [3.8, 4) is 0 Å². The number of carbonyl (C=O) groups is 1. The Morgan fingerprint density at radius 3 is 2.90 bits per heavy atom. The van der Waals surface area contributed by atoms with E-state index in [1.165, 1.54) is 16.7 Å². The van der Waals surface area contributed by atoms with E-state index < -0.39 is 0 Å². The monoisotopic (exact) mass is 303 g/mol. The van der Waals surface area contributed by atoms with Crippen LogP contribution in [0.15, 0.2) is 34.5 Å². The molecule has 0 saturated carbocycles. The first kappa shape index (κ1) is 13.1. The number of amides is 1. The van der Waals surface area contributed by atoms with Crippen LogP contribution in [0.25, 0.3) is 0 Å². The van der Waals surface area contributed by atoms with Gasteiger partial charge in [0, 0.05) is 18.0 Å². The Bertz CT molecular complexity index is 638. The van der Waals surface area contributed by atoms with E-state index in [9.17, 15) is 4.79 Å². The number of carbonyl (C=O) groups excluding carboxylic acids is 1. The topological polar surface area (TPSA) is 42.7 Å². The molecule has 4 rings (SSSR count). The lowest BCUT2D eigenvalue weighted by Crippen LogP contribution is -2.47. The molecule has 0 N–H and O–H groups in total. The van der Waals surface area contributed by atoms with Gasteiger partial charge in [-0.05, 0) is 42.3 Å². The lowest BCUT2D eigenvalue weighted by Gasteiger charge is -2.43. The molecule has 0 aliphatic carbocycles. The maximum absolute atomic E-state index is 12.4. The van der Waals surface area contributed by atoms with Crippen molar-refractivity contribution in [1.29, 1.82) is 0 Å². The zero-order valence-corrected chi connectivity index (χ0v) is 12.5. The number of hydrogen-bond acceptors (Lipinski definition) is 4. The van der Waals surface area contributed by atoms with Gasteiger partial charge in [-0.15, -0.1) is 11.3 Å². The minimum Gasteiger partial charge on any atom is -0.472 e. The number of fused-ring (bicyclic) bond motifs is 2. The van der Waals surface area contributed by atoms with Gasteiger partial charge in [-0.3, -0.25) is 4.79 Å². The van der Waals surface area contributed by atoms with Crippen molar-refractivity contribution in [2.75, 3.05) is 19.7 Å². The summed E-state index contributed by atoms with van der Waals surface area (Å²) in [5.74, 6) is 0.0563. The second-order valence-corrected chi connectivity index (χ2v) is 6.59. The highest BCUT2D eigenvalue weighted by atomic mass is 32.1. The van der Waals surface area contributed by atoms with Crippen LogP contribution in [0.5, 0.6) is 0 Å². The number of piperidine rings is 1. The SMILES string of the molecule is O=C(c1ccoc1)N1CCC2(CC1)OCCc1ccsc12. The van der Waals surface area contributed by atoms with Gasteiger partial charge in [0.25, 0.3) is 5.91 Å². The number of nitrogens with zero attached hydrogens (tertiary/aromatic N) is 1. The smallest absolute Gasteiger partial charge is 0.257 e. The summed E-state index contributed by atoms with van der Waals surface area (Å²) in [5.41, 5.74) is 1.91. The quantitative estimate of drug-likeness (QED) is 0.813. The minimum atomic E-state index is -0.158. The van der Waals surface area contributed by atoms with Crippen LogP contribution in [0.2, 0.25) is 0 Å². The van der Waals surface area contributed by atoms with Gasteiger partial charge in [0.2, 0.25) is 0 Å². The maximum Gasteiger partial charge on any atom is 0.257 e. The molecule has 2 aromatic heterocycles. The predicted molar refractivity (Wildman–Crippen MR) is 79.5 cm³/mol. The molecule has 21 heavy (non-hydrogen) atoms. The summed E-state index contributed by atoms with van der Waals surface area (Å²) in [6, 6.07) is 3.94. The zero-order chi connectivity index (χ0) is 14.3. The normalized spacial score (nSPS) is 20.5. The van der Waals surface area contributed by atoms with Crippen molar-refractivity contribution >= 4 is 17.2 Å². The van der Waals surface area contributed by atoms with Crippen LogP contribution < -0.4 is 0 Å². The molecule has 1 amide bonds. The van der Waals surface area contributed by atoms with E-state index in [0.29, 0.717) is 5.56 Å². The fraction of sp³-hybridized carbons (Fsp3) is 0.438. The van der Waals surface area contributed by atoms with Gasteiger partial charge in [-0.1, -0.05) is 0 Å². The van der Waals surface area contributed by atoms with Crippen molar-refractivity contribution < 1.29 is 13.9 Å². The lowest BCUT2D eigenvalue weighted by atomic mass is 9.85. The van der Waals surface area contributed by atoms with Crippen LogP contribution in [0, 0.1) is 0 Å². The van der Waals surface area contributed by atoms with E-state index in [2.05, 4.69) is 11.4 Å². The largest absolute Gasteiger partial charge is 0.472 e. The Hall–Kier alpha value is -1.59. The molecule has 110 valence electrons. The molecule has 0 unspecified atom stereocenters. The molecular formula is C16H17NO3S. The first-order valence-corrected chi connectivity index (χ1v) is 8.19. The Morgan fingerprint density at radius 2 is 2.14 bits per heavy atom. The fourth-order valence-corrected chi connectivity index (χ4v) is 4.53. The summed E-state index contributed by atoms with van der Waals surface area (Å²) >= 11 is 1.79. The zero-order valence-electron chi connectivity index (χ0n) is 11.7. The van der Waals surface area contributed by atoms with Gasteiger partial charge in [-0.2, -0.15) is 0 Å². The molecule has 0 atom stereocenters. The first-order chi connectivity index (χ1) is 10.3. The Morgan fingerprint density at radius 1 is 1.29 bits per heavy atom. The van der Waals surface area contributed by atoms with Crippen molar-refractivity contribution in [2.45, 2.75) is 24.9 Å². The third-order valence-corrected chi connectivity index (χ3v) is 5.68. The maximum atomic E-state index is 12.4. The molecule has 5 heteroatoms. The Balaban J connectivity index is 1.52. The molecular weight excluding hydrogens is 286 g/mol. The third-order valence-electron chi connectivity index (χ3n) is 4.54. The average Bonchev–Trinajstić information content (AvgIpc) is 3.19. The molecule has 0 bridgehead atoms. The molecule has 2 aliphatic heterocycles. The van der Waals surface area contributed by atoms with Gasteiger partial charge in [-0.25, -0.2) is 0 Å². The van der Waals surface area contributed by atoms with Crippen LogP contribution in [0.4, 0.5) is 0 Å². The van der Waals surface area contributed by atoms with Crippen molar-refractivity contribution in [3.05, 3.63) is 46.0 Å². The summed E-state index contributed by atoms with van der Waals surface area (Å²) in [6.07, 6.45) is 5.83. The van der Waals surface area contributed by atoms with Gasteiger partial charge < -0.3 is 14.1 Å². The average molecular weight is 303 g/mol. The van der Waals surface area contributed by atoms with Gasteiger partial charge in [0.1, 0.15) is 11.9 Å². The van der Waals surface area contributed by atoms with E-state index in [1.807, 2.05) is 4.90 Å². The molecule has 2 aromatic rings. The standard InChI is InChI=1S/C16H17NO3S/c18-15(13-1-8-19-11-13)17-6-4-16(5-7-17)14-12(2-9-20-16)3-10-21-14/h1,3,8,10-11H,2,4-7,9H2. The third kappa shape index (κ3) is 2.12. The number of likely N-dealkylation sites (tertiary alicyclic amines) is 1. The fourth-order valence-electron chi connectivity index (χ4n) is 3.37. The summed E-state index contributed by atoms with van der Waals surface area (Å²) in [6.45, 7) is 2.27. The molecule has 1 fully saturated rings. The number of thiophene rings is 1. The summed E-state index contributed by atoms with van der Waals surface area (Å²) in [4.78, 5) is 15.6. The van der Waals surface area contributed by atoms with Gasteiger partial charge >= 0.3 is 0 Å². The molecule has 0 aromatic carbocycles. The van der Waals surface area contributed by atoms with Gasteiger partial charge in [0.15, 0.2) is 0 Å².